The standard InChI is InChI=1S/C17H31N5OS.HI/c1-3-18-16(19-9-7-13-23-4-2)20-10-8-15-14-24-17(21-15)22-11-5-6-12-22;/h14H,3-13H2,1-2H3,(H2,18,19,20);1H. The molecule has 6 nitrogen and oxygen atoms in total. The molecule has 0 unspecified atom stereocenters. The van der Waals surface area contributed by atoms with Crippen molar-refractivity contribution in [3.05, 3.63) is 11.1 Å². The third-order valence-electron chi connectivity index (χ3n) is 3.85. The van der Waals surface area contributed by atoms with Gasteiger partial charge in [-0.1, -0.05) is 0 Å². The van der Waals surface area contributed by atoms with Gasteiger partial charge in [0.25, 0.3) is 0 Å². The van der Waals surface area contributed by atoms with Crippen molar-refractivity contribution in [3.63, 3.8) is 0 Å². The molecule has 1 aromatic heterocycles. The SMILES string of the molecule is CCNC(=NCCCOCC)NCCc1csc(N2CCCC2)n1.I. The second-order valence-electron chi connectivity index (χ2n) is 5.80. The number of halogens is 1. The number of aliphatic imine (C=N–C) groups is 1. The van der Waals surface area contributed by atoms with E-state index in [2.05, 4.69) is 32.8 Å². The quantitative estimate of drug-likeness (QED) is 0.233. The van der Waals surface area contributed by atoms with E-state index < -0.39 is 0 Å². The van der Waals surface area contributed by atoms with Crippen LogP contribution in [0.5, 0.6) is 0 Å². The van der Waals surface area contributed by atoms with Gasteiger partial charge in [0.05, 0.1) is 5.69 Å². The van der Waals surface area contributed by atoms with Crippen molar-refractivity contribution in [1.29, 1.82) is 0 Å². The van der Waals surface area contributed by atoms with Crippen LogP contribution in [0, 0.1) is 0 Å². The van der Waals surface area contributed by atoms with Gasteiger partial charge in [-0.05, 0) is 33.1 Å². The van der Waals surface area contributed by atoms with Gasteiger partial charge in [-0.2, -0.15) is 0 Å². The molecular weight excluding hydrogens is 449 g/mol. The predicted molar refractivity (Wildman–Crippen MR) is 118 cm³/mol. The second-order valence-corrected chi connectivity index (χ2v) is 6.64. The van der Waals surface area contributed by atoms with Crippen molar-refractivity contribution < 1.29 is 4.74 Å². The van der Waals surface area contributed by atoms with Crippen LogP contribution < -0.4 is 15.5 Å². The Morgan fingerprint density at radius 1 is 1.32 bits per heavy atom. The molecule has 1 aliphatic rings. The Morgan fingerprint density at radius 2 is 2.12 bits per heavy atom. The van der Waals surface area contributed by atoms with Crippen LogP contribution in [-0.4, -0.2) is 56.9 Å². The Kier molecular flexibility index (Phi) is 12.2. The molecule has 1 aliphatic heterocycles. The molecule has 8 heteroatoms. The number of hydrogen-bond donors (Lipinski definition) is 2. The minimum Gasteiger partial charge on any atom is -0.382 e. The fourth-order valence-electron chi connectivity index (χ4n) is 2.62. The fraction of sp³-hybridized carbons (Fsp3) is 0.765. The summed E-state index contributed by atoms with van der Waals surface area (Å²) in [5.41, 5.74) is 1.17. The summed E-state index contributed by atoms with van der Waals surface area (Å²) in [4.78, 5) is 11.7. The number of anilines is 1. The summed E-state index contributed by atoms with van der Waals surface area (Å²) in [5.74, 6) is 0.879. The lowest BCUT2D eigenvalue weighted by molar-refractivity contribution is 0.146. The average molecular weight is 481 g/mol. The van der Waals surface area contributed by atoms with Crippen LogP contribution in [0.2, 0.25) is 0 Å². The van der Waals surface area contributed by atoms with Crippen LogP contribution in [0.3, 0.4) is 0 Å². The van der Waals surface area contributed by atoms with E-state index in [0.29, 0.717) is 0 Å². The number of hydrogen-bond acceptors (Lipinski definition) is 5. The maximum Gasteiger partial charge on any atom is 0.191 e. The van der Waals surface area contributed by atoms with Crippen LogP contribution in [0.15, 0.2) is 10.4 Å². The van der Waals surface area contributed by atoms with Crippen molar-refractivity contribution in [2.24, 2.45) is 4.99 Å². The summed E-state index contributed by atoms with van der Waals surface area (Å²) in [6, 6.07) is 0. The van der Waals surface area contributed by atoms with Gasteiger partial charge in [0.1, 0.15) is 0 Å². The molecule has 0 atom stereocenters. The van der Waals surface area contributed by atoms with Gasteiger partial charge in [-0.25, -0.2) is 4.98 Å². The Hall–Kier alpha value is -0.610. The zero-order valence-electron chi connectivity index (χ0n) is 15.4. The van der Waals surface area contributed by atoms with Gasteiger partial charge in [0.2, 0.25) is 0 Å². The van der Waals surface area contributed by atoms with Crippen molar-refractivity contribution in [1.82, 2.24) is 15.6 Å². The van der Waals surface area contributed by atoms with Gasteiger partial charge >= 0.3 is 0 Å². The maximum atomic E-state index is 5.34. The molecule has 0 amide bonds. The lowest BCUT2D eigenvalue weighted by Gasteiger charge is -2.12. The van der Waals surface area contributed by atoms with E-state index in [1.807, 2.05) is 6.92 Å². The van der Waals surface area contributed by atoms with Crippen molar-refractivity contribution in [2.45, 2.75) is 39.5 Å². The van der Waals surface area contributed by atoms with E-state index in [1.165, 1.54) is 23.7 Å². The molecule has 0 bridgehead atoms. The predicted octanol–water partition coefficient (Wildman–Crippen LogP) is 2.89. The molecule has 1 fully saturated rings. The normalized spacial score (nSPS) is 14.5. The molecule has 0 aromatic carbocycles. The number of aromatic nitrogens is 1. The van der Waals surface area contributed by atoms with E-state index in [9.17, 15) is 0 Å². The molecule has 0 aliphatic carbocycles. The van der Waals surface area contributed by atoms with Crippen LogP contribution in [0.4, 0.5) is 5.13 Å². The molecule has 2 rings (SSSR count). The van der Waals surface area contributed by atoms with Crippen LogP contribution in [0.25, 0.3) is 0 Å². The molecule has 0 saturated carbocycles. The molecule has 144 valence electrons. The first-order valence-corrected chi connectivity index (χ1v) is 10.0. The summed E-state index contributed by atoms with van der Waals surface area (Å²) in [6.07, 6.45) is 4.47. The number of thiazole rings is 1. The third kappa shape index (κ3) is 8.54. The van der Waals surface area contributed by atoms with E-state index in [4.69, 9.17) is 9.72 Å². The average Bonchev–Trinajstić information content (AvgIpc) is 3.26. The summed E-state index contributed by atoms with van der Waals surface area (Å²) in [5, 5.41) is 10.0. The van der Waals surface area contributed by atoms with Gasteiger partial charge in [-0.15, -0.1) is 35.3 Å². The van der Waals surface area contributed by atoms with Crippen LogP contribution >= 0.6 is 35.3 Å². The monoisotopic (exact) mass is 481 g/mol. The Labute approximate surface area is 172 Å². The molecule has 0 radical (unpaired) electrons. The van der Waals surface area contributed by atoms with Crippen molar-refractivity contribution >= 4 is 46.4 Å². The molecule has 2 N–H and O–H groups in total. The van der Waals surface area contributed by atoms with E-state index in [0.717, 1.165) is 64.7 Å². The topological polar surface area (TPSA) is 61.8 Å². The number of nitrogens with zero attached hydrogens (tertiary/aromatic N) is 3. The lowest BCUT2D eigenvalue weighted by atomic mass is 10.3. The highest BCUT2D eigenvalue weighted by atomic mass is 127. The highest BCUT2D eigenvalue weighted by molar-refractivity contribution is 14.0. The summed E-state index contributed by atoms with van der Waals surface area (Å²) < 4.78 is 5.34. The first-order valence-electron chi connectivity index (χ1n) is 9.12. The molecule has 0 spiro atoms. The Morgan fingerprint density at radius 3 is 2.84 bits per heavy atom. The number of guanidine groups is 1. The van der Waals surface area contributed by atoms with Gasteiger partial charge in [0, 0.05) is 57.7 Å². The zero-order valence-corrected chi connectivity index (χ0v) is 18.6. The van der Waals surface area contributed by atoms with Crippen LogP contribution in [0.1, 0.15) is 38.8 Å². The second kappa shape index (κ2) is 13.6. The number of rotatable bonds is 10. The first kappa shape index (κ1) is 22.4. The van der Waals surface area contributed by atoms with E-state index >= 15 is 0 Å². The molecule has 1 saturated heterocycles. The van der Waals surface area contributed by atoms with E-state index in [1.54, 1.807) is 11.3 Å². The number of ether oxygens (including phenoxy) is 1. The van der Waals surface area contributed by atoms with E-state index in [-0.39, 0.29) is 24.0 Å². The minimum atomic E-state index is 0. The lowest BCUT2D eigenvalue weighted by Crippen LogP contribution is -2.38. The maximum absolute atomic E-state index is 5.34. The fourth-order valence-corrected chi connectivity index (χ4v) is 3.53. The van der Waals surface area contributed by atoms with Gasteiger partial charge in [-0.3, -0.25) is 4.99 Å². The molecular formula is C17H32IN5OS. The third-order valence-corrected chi connectivity index (χ3v) is 4.81. The molecule has 2 heterocycles. The zero-order chi connectivity index (χ0) is 17.0. The Balaban J connectivity index is 0.00000312. The minimum absolute atomic E-state index is 0. The largest absolute Gasteiger partial charge is 0.382 e. The van der Waals surface area contributed by atoms with Crippen molar-refractivity contribution in [3.8, 4) is 0 Å². The summed E-state index contributed by atoms with van der Waals surface area (Å²) in [6.45, 7) is 10.5. The smallest absolute Gasteiger partial charge is 0.191 e. The van der Waals surface area contributed by atoms with Gasteiger partial charge in [0.15, 0.2) is 11.1 Å². The summed E-state index contributed by atoms with van der Waals surface area (Å²) in [7, 11) is 0. The highest BCUT2D eigenvalue weighted by Gasteiger charge is 2.15. The van der Waals surface area contributed by atoms with Crippen molar-refractivity contribution in [2.75, 3.05) is 50.8 Å². The van der Waals surface area contributed by atoms with Gasteiger partial charge < -0.3 is 20.3 Å². The highest BCUT2D eigenvalue weighted by Crippen LogP contribution is 2.24. The Bertz CT molecular complexity index is 491. The first-order chi connectivity index (χ1) is 11.8. The summed E-state index contributed by atoms with van der Waals surface area (Å²) >= 11 is 1.76. The van der Waals surface area contributed by atoms with Crippen LogP contribution in [-0.2, 0) is 11.2 Å². The molecule has 25 heavy (non-hydrogen) atoms. The number of nitrogens with one attached hydrogen (secondary N) is 2. The molecule has 1 aromatic rings.